The number of nitrogens with zero attached hydrogens (tertiary/aromatic N) is 1. The van der Waals surface area contributed by atoms with Crippen molar-refractivity contribution < 1.29 is 0 Å². The fourth-order valence-electron chi connectivity index (χ4n) is 4.46. The second-order valence-corrected chi connectivity index (χ2v) is 6.78. The third kappa shape index (κ3) is 2.40. The summed E-state index contributed by atoms with van der Waals surface area (Å²) in [7, 11) is 2.33. The molecule has 0 bridgehead atoms. The van der Waals surface area contributed by atoms with E-state index in [0.29, 0.717) is 23.9 Å². The summed E-state index contributed by atoms with van der Waals surface area (Å²) in [6.45, 7) is 3.22. The monoisotopic (exact) mass is 272 g/mol. The second-order valence-electron chi connectivity index (χ2n) is 6.78. The molecule has 2 aliphatic rings. The molecule has 2 aliphatic carbocycles. The maximum atomic E-state index is 5.98. The van der Waals surface area contributed by atoms with Crippen molar-refractivity contribution in [3.63, 3.8) is 0 Å². The summed E-state index contributed by atoms with van der Waals surface area (Å²) >= 11 is 0. The van der Waals surface area contributed by atoms with Gasteiger partial charge in [-0.25, -0.2) is 0 Å². The normalized spacial score (nSPS) is 33.4. The van der Waals surface area contributed by atoms with E-state index in [2.05, 4.69) is 43.1 Å². The first-order valence-corrected chi connectivity index (χ1v) is 8.23. The molecule has 0 spiro atoms. The molecule has 3 rings (SSSR count). The van der Waals surface area contributed by atoms with E-state index in [1.54, 1.807) is 11.1 Å². The summed E-state index contributed by atoms with van der Waals surface area (Å²) in [4.78, 5) is 2.65. The van der Waals surface area contributed by atoms with E-state index in [-0.39, 0.29) is 0 Å². The second kappa shape index (κ2) is 5.87. The summed E-state index contributed by atoms with van der Waals surface area (Å²) in [5, 5.41) is 0. The predicted molar refractivity (Wildman–Crippen MR) is 84.8 cm³/mol. The first-order valence-electron chi connectivity index (χ1n) is 8.23. The lowest BCUT2D eigenvalue weighted by Gasteiger charge is -2.40. The van der Waals surface area contributed by atoms with Crippen LogP contribution in [-0.2, 0) is 0 Å². The van der Waals surface area contributed by atoms with Gasteiger partial charge in [0, 0.05) is 12.1 Å². The molecule has 0 amide bonds. The van der Waals surface area contributed by atoms with Crippen LogP contribution in [0.2, 0.25) is 0 Å². The Morgan fingerprint density at radius 2 is 1.85 bits per heavy atom. The van der Waals surface area contributed by atoms with Gasteiger partial charge in [-0.2, -0.15) is 0 Å². The van der Waals surface area contributed by atoms with Crippen LogP contribution in [0.15, 0.2) is 24.3 Å². The topological polar surface area (TPSA) is 29.3 Å². The SMILES string of the molecule is CC1CCC(N(C)C2CCCC2CN)c2ccccc21. The van der Waals surface area contributed by atoms with Crippen LogP contribution in [0.3, 0.4) is 0 Å². The third-order valence-electron chi connectivity index (χ3n) is 5.70. The van der Waals surface area contributed by atoms with E-state index >= 15 is 0 Å². The molecule has 1 aromatic rings. The van der Waals surface area contributed by atoms with E-state index in [4.69, 9.17) is 5.73 Å². The lowest BCUT2D eigenvalue weighted by atomic mass is 9.80. The Kier molecular flexibility index (Phi) is 4.13. The highest BCUT2D eigenvalue weighted by Gasteiger charge is 2.35. The molecule has 4 atom stereocenters. The smallest absolute Gasteiger partial charge is 0.0351 e. The van der Waals surface area contributed by atoms with Crippen molar-refractivity contribution in [2.45, 2.75) is 57.0 Å². The quantitative estimate of drug-likeness (QED) is 0.909. The molecule has 0 saturated heterocycles. The Balaban J connectivity index is 1.85. The average molecular weight is 272 g/mol. The van der Waals surface area contributed by atoms with E-state index in [1.807, 2.05) is 0 Å². The number of hydrogen-bond acceptors (Lipinski definition) is 2. The largest absolute Gasteiger partial charge is 0.330 e. The van der Waals surface area contributed by atoms with E-state index in [0.717, 1.165) is 6.54 Å². The lowest BCUT2D eigenvalue weighted by Crippen LogP contribution is -2.41. The Morgan fingerprint density at radius 1 is 1.10 bits per heavy atom. The van der Waals surface area contributed by atoms with Gasteiger partial charge in [0.05, 0.1) is 0 Å². The van der Waals surface area contributed by atoms with Gasteiger partial charge in [-0.3, -0.25) is 4.90 Å². The summed E-state index contributed by atoms with van der Waals surface area (Å²) in [5.41, 5.74) is 9.12. The molecule has 4 unspecified atom stereocenters. The van der Waals surface area contributed by atoms with E-state index in [9.17, 15) is 0 Å². The number of nitrogens with two attached hydrogens (primary N) is 1. The fraction of sp³-hybridized carbons (Fsp3) is 0.667. The summed E-state index contributed by atoms with van der Waals surface area (Å²) in [5.74, 6) is 1.41. The van der Waals surface area contributed by atoms with Gasteiger partial charge in [-0.15, -0.1) is 0 Å². The Labute approximate surface area is 123 Å². The predicted octanol–water partition coefficient (Wildman–Crippen LogP) is 3.68. The molecule has 2 N–H and O–H groups in total. The maximum absolute atomic E-state index is 5.98. The van der Waals surface area contributed by atoms with E-state index in [1.165, 1.54) is 32.1 Å². The number of fused-ring (bicyclic) bond motifs is 1. The summed E-state index contributed by atoms with van der Waals surface area (Å²) in [6.07, 6.45) is 6.60. The van der Waals surface area contributed by atoms with Crippen LogP contribution in [0.25, 0.3) is 0 Å². The molecule has 1 aromatic carbocycles. The minimum Gasteiger partial charge on any atom is -0.330 e. The zero-order chi connectivity index (χ0) is 14.1. The Morgan fingerprint density at radius 3 is 2.60 bits per heavy atom. The van der Waals surface area contributed by atoms with Crippen LogP contribution in [0.4, 0.5) is 0 Å². The van der Waals surface area contributed by atoms with Gasteiger partial charge in [-0.05, 0) is 62.2 Å². The first-order chi connectivity index (χ1) is 9.72. The minimum atomic E-state index is 0.597. The van der Waals surface area contributed by atoms with Gasteiger partial charge in [0.25, 0.3) is 0 Å². The maximum Gasteiger partial charge on any atom is 0.0351 e. The molecule has 20 heavy (non-hydrogen) atoms. The highest BCUT2D eigenvalue weighted by Crippen LogP contribution is 2.42. The summed E-state index contributed by atoms with van der Waals surface area (Å²) < 4.78 is 0. The highest BCUT2D eigenvalue weighted by molar-refractivity contribution is 5.35. The van der Waals surface area contributed by atoms with Crippen molar-refractivity contribution in [2.24, 2.45) is 11.7 Å². The zero-order valence-electron chi connectivity index (χ0n) is 12.9. The third-order valence-corrected chi connectivity index (χ3v) is 5.70. The van der Waals surface area contributed by atoms with Gasteiger partial charge >= 0.3 is 0 Å². The fourth-order valence-corrected chi connectivity index (χ4v) is 4.46. The molecule has 2 heteroatoms. The molecule has 110 valence electrons. The lowest BCUT2D eigenvalue weighted by molar-refractivity contribution is 0.126. The molecule has 1 saturated carbocycles. The van der Waals surface area contributed by atoms with Gasteiger partial charge in [-0.1, -0.05) is 37.6 Å². The highest BCUT2D eigenvalue weighted by atomic mass is 15.2. The van der Waals surface area contributed by atoms with Crippen molar-refractivity contribution in [3.8, 4) is 0 Å². The van der Waals surface area contributed by atoms with Crippen LogP contribution in [0, 0.1) is 5.92 Å². The van der Waals surface area contributed by atoms with Crippen LogP contribution in [-0.4, -0.2) is 24.5 Å². The Hall–Kier alpha value is -0.860. The van der Waals surface area contributed by atoms with Crippen LogP contribution < -0.4 is 5.73 Å². The van der Waals surface area contributed by atoms with Crippen LogP contribution in [0.1, 0.15) is 62.1 Å². The van der Waals surface area contributed by atoms with Gasteiger partial charge in [0.1, 0.15) is 0 Å². The Bertz CT molecular complexity index is 456. The van der Waals surface area contributed by atoms with Gasteiger partial charge in [0.2, 0.25) is 0 Å². The van der Waals surface area contributed by atoms with Crippen molar-refractivity contribution in [2.75, 3.05) is 13.6 Å². The minimum absolute atomic E-state index is 0.597. The molecular formula is C18H28N2. The van der Waals surface area contributed by atoms with E-state index < -0.39 is 0 Å². The molecule has 0 aliphatic heterocycles. The molecule has 0 radical (unpaired) electrons. The molecular weight excluding hydrogens is 244 g/mol. The molecule has 2 nitrogen and oxygen atoms in total. The van der Waals surface area contributed by atoms with Gasteiger partial charge in [0.15, 0.2) is 0 Å². The van der Waals surface area contributed by atoms with Crippen molar-refractivity contribution >= 4 is 0 Å². The number of rotatable bonds is 3. The first kappa shape index (κ1) is 14.1. The van der Waals surface area contributed by atoms with Crippen LogP contribution in [0.5, 0.6) is 0 Å². The molecule has 1 fully saturated rings. The number of hydrogen-bond donors (Lipinski definition) is 1. The van der Waals surface area contributed by atoms with Crippen molar-refractivity contribution in [3.05, 3.63) is 35.4 Å². The van der Waals surface area contributed by atoms with Crippen molar-refractivity contribution in [1.29, 1.82) is 0 Å². The van der Waals surface area contributed by atoms with Crippen LogP contribution >= 0.6 is 0 Å². The molecule has 0 aromatic heterocycles. The standard InChI is InChI=1S/C18H28N2/c1-13-10-11-18(16-8-4-3-7-15(13)16)20(2)17-9-5-6-14(17)12-19/h3-4,7-8,13-14,17-18H,5-6,9-12,19H2,1-2H3. The number of benzene rings is 1. The summed E-state index contributed by atoms with van der Waals surface area (Å²) in [6, 6.07) is 10.3. The average Bonchev–Trinajstić information content (AvgIpc) is 2.96. The molecule has 0 heterocycles. The zero-order valence-corrected chi connectivity index (χ0v) is 12.9. The van der Waals surface area contributed by atoms with Crippen molar-refractivity contribution in [1.82, 2.24) is 4.90 Å². The van der Waals surface area contributed by atoms with Gasteiger partial charge < -0.3 is 5.73 Å².